The molecule has 0 saturated heterocycles. The maximum atomic E-state index is 12.5. The molecule has 1 unspecified atom stereocenters. The molecule has 0 aliphatic carbocycles. The predicted molar refractivity (Wildman–Crippen MR) is 94.5 cm³/mol. The minimum atomic E-state index is -2.20. The smallest absolute Gasteiger partial charge is 0.277 e. The van der Waals surface area contributed by atoms with Crippen molar-refractivity contribution < 1.29 is 19.2 Å². The zero-order valence-electron chi connectivity index (χ0n) is 14.1. The molecule has 0 aliphatic heterocycles. The Bertz CT molecular complexity index is 715. The molecule has 0 spiro atoms. The van der Waals surface area contributed by atoms with Gasteiger partial charge < -0.3 is 9.88 Å². The van der Waals surface area contributed by atoms with Gasteiger partial charge in [0.15, 0.2) is 0 Å². The number of nitrogens with one attached hydrogen (secondary N) is 1. The second-order valence-electron chi connectivity index (χ2n) is 6.25. The lowest BCUT2D eigenvalue weighted by Gasteiger charge is -2.33. The van der Waals surface area contributed by atoms with E-state index in [9.17, 15) is 29.6 Å². The summed E-state index contributed by atoms with van der Waals surface area (Å²) in [5.41, 5.74) is -1.92. The first-order chi connectivity index (χ1) is 11.5. The van der Waals surface area contributed by atoms with Gasteiger partial charge in [0.25, 0.3) is 17.3 Å². The number of allylic oxidation sites excluding steroid dienone is 1. The molecule has 1 rings (SSSR count). The van der Waals surface area contributed by atoms with E-state index in [-0.39, 0.29) is 5.56 Å². The van der Waals surface area contributed by atoms with Crippen LogP contribution in [0.5, 0.6) is 0 Å². The van der Waals surface area contributed by atoms with E-state index in [1.807, 2.05) is 13.8 Å². The second-order valence-corrected chi connectivity index (χ2v) is 8.05. The van der Waals surface area contributed by atoms with Gasteiger partial charge >= 0.3 is 0 Å². The third-order valence-electron chi connectivity index (χ3n) is 3.72. The maximum absolute atomic E-state index is 12.5. The quantitative estimate of drug-likeness (QED) is 0.323. The average Bonchev–Trinajstić information content (AvgIpc) is 2.51. The van der Waals surface area contributed by atoms with Gasteiger partial charge in [0, 0.05) is 12.1 Å². The Balaban J connectivity index is 3.25. The first-order valence-electron chi connectivity index (χ1n) is 7.35. The van der Waals surface area contributed by atoms with E-state index in [1.165, 1.54) is 6.66 Å². The van der Waals surface area contributed by atoms with Crippen LogP contribution in [0.1, 0.15) is 30.6 Å². The van der Waals surface area contributed by atoms with E-state index in [1.54, 1.807) is 6.08 Å². The molecule has 0 fully saturated rings. The van der Waals surface area contributed by atoms with Crippen LogP contribution in [0.15, 0.2) is 30.9 Å². The van der Waals surface area contributed by atoms with Crippen molar-refractivity contribution in [3.8, 4) is 0 Å². The van der Waals surface area contributed by atoms with Gasteiger partial charge in [-0.1, -0.05) is 19.9 Å². The molecule has 0 bridgehead atoms. The maximum Gasteiger partial charge on any atom is 0.277 e. The number of nitrogens with zero attached hydrogens (tertiary/aromatic N) is 2. The summed E-state index contributed by atoms with van der Waals surface area (Å²) in [6.07, 6.45) is 2.12. The van der Waals surface area contributed by atoms with Crippen LogP contribution in [-0.4, -0.2) is 28.2 Å². The Morgan fingerprint density at radius 3 is 2.12 bits per heavy atom. The van der Waals surface area contributed by atoms with E-state index >= 15 is 0 Å². The fraction of sp³-hybridized carbons (Fsp3) is 0.400. The Kier molecular flexibility index (Phi) is 6.58. The molecule has 0 heterocycles. The minimum absolute atomic E-state index is 0.233. The van der Waals surface area contributed by atoms with Crippen LogP contribution in [0.2, 0.25) is 0 Å². The zero-order valence-corrected chi connectivity index (χ0v) is 15.1. The molecule has 1 amide bonds. The van der Waals surface area contributed by atoms with Gasteiger partial charge in [-0.25, -0.2) is 0 Å². The fourth-order valence-electron chi connectivity index (χ4n) is 2.49. The molecular formula is C15H20N3O6P. The first kappa shape index (κ1) is 20.5. The van der Waals surface area contributed by atoms with Gasteiger partial charge in [-0.2, -0.15) is 0 Å². The lowest BCUT2D eigenvalue weighted by Crippen LogP contribution is -2.42. The van der Waals surface area contributed by atoms with Crippen molar-refractivity contribution in [3.05, 3.63) is 56.6 Å². The van der Waals surface area contributed by atoms with Crippen LogP contribution in [0.4, 0.5) is 11.4 Å². The summed E-state index contributed by atoms with van der Waals surface area (Å²) in [6, 6.07) is 2.68. The normalized spacial score (nSPS) is 13.6. The molecule has 2 atom stereocenters. The molecule has 0 saturated carbocycles. The van der Waals surface area contributed by atoms with Crippen LogP contribution in [0, 0.1) is 25.6 Å². The molecule has 1 N–H and O–H groups in total. The number of hydrogen-bond acceptors (Lipinski definition) is 6. The van der Waals surface area contributed by atoms with Gasteiger partial charge in [-0.15, -0.1) is 6.58 Å². The summed E-state index contributed by atoms with van der Waals surface area (Å²) in [7, 11) is -2.20. The molecule has 1 aromatic carbocycles. The van der Waals surface area contributed by atoms with Crippen LogP contribution in [0.25, 0.3) is 0 Å². The van der Waals surface area contributed by atoms with Crippen LogP contribution in [0.3, 0.4) is 0 Å². The van der Waals surface area contributed by atoms with Crippen molar-refractivity contribution in [1.82, 2.24) is 5.32 Å². The molecule has 10 heteroatoms. The van der Waals surface area contributed by atoms with Gasteiger partial charge in [-0.05, 0) is 18.5 Å². The molecule has 136 valence electrons. The summed E-state index contributed by atoms with van der Waals surface area (Å²) >= 11 is 0. The van der Waals surface area contributed by atoms with Gasteiger partial charge in [0.2, 0.25) is 0 Å². The highest BCUT2D eigenvalue weighted by Gasteiger charge is 2.33. The highest BCUT2D eigenvalue weighted by molar-refractivity contribution is 7.44. The van der Waals surface area contributed by atoms with Crippen molar-refractivity contribution in [2.45, 2.75) is 26.1 Å². The zero-order chi connectivity index (χ0) is 19.4. The van der Waals surface area contributed by atoms with E-state index in [0.29, 0.717) is 6.42 Å². The number of carbonyl (C=O) groups excluding carboxylic acids is 1. The van der Waals surface area contributed by atoms with E-state index in [4.69, 9.17) is 0 Å². The number of rotatable bonds is 8. The third-order valence-corrected chi connectivity index (χ3v) is 5.46. The SMILES string of the molecule is C=CCC(C)(C)[C@@H](NC(=O)c1cc([N+](=O)[O-])cc([N+](=O)[O-])c1)[PH](C)=O. The number of benzene rings is 1. The number of hydrogen-bond donors (Lipinski definition) is 1. The number of amides is 1. The van der Waals surface area contributed by atoms with Gasteiger partial charge in [0.05, 0.1) is 35.1 Å². The lowest BCUT2D eigenvalue weighted by atomic mass is 9.88. The summed E-state index contributed by atoms with van der Waals surface area (Å²) in [5, 5.41) is 24.4. The molecular weight excluding hydrogens is 349 g/mol. The third kappa shape index (κ3) is 5.22. The van der Waals surface area contributed by atoms with Crippen LogP contribution in [-0.2, 0) is 4.57 Å². The summed E-state index contributed by atoms with van der Waals surface area (Å²) in [4.78, 5) is 32.7. The molecule has 25 heavy (non-hydrogen) atoms. The molecule has 0 radical (unpaired) electrons. The summed E-state index contributed by atoms with van der Waals surface area (Å²) in [6.45, 7) is 8.74. The number of carbonyl (C=O) groups is 1. The molecule has 1 aromatic rings. The van der Waals surface area contributed by atoms with Gasteiger partial charge in [-0.3, -0.25) is 25.0 Å². The van der Waals surface area contributed by atoms with E-state index < -0.39 is 46.1 Å². The number of nitro benzene ring substituents is 2. The Morgan fingerprint density at radius 1 is 1.28 bits per heavy atom. The highest BCUT2D eigenvalue weighted by atomic mass is 31.1. The van der Waals surface area contributed by atoms with Crippen LogP contribution < -0.4 is 5.32 Å². The van der Waals surface area contributed by atoms with Crippen molar-refractivity contribution >= 4 is 25.1 Å². The monoisotopic (exact) mass is 369 g/mol. The highest BCUT2D eigenvalue weighted by Crippen LogP contribution is 2.39. The minimum Gasteiger partial charge on any atom is -0.342 e. The second kappa shape index (κ2) is 8.02. The van der Waals surface area contributed by atoms with Crippen molar-refractivity contribution in [2.75, 3.05) is 6.66 Å². The first-order valence-corrected chi connectivity index (χ1v) is 9.34. The Morgan fingerprint density at radius 2 is 1.76 bits per heavy atom. The average molecular weight is 369 g/mol. The predicted octanol–water partition coefficient (Wildman–Crippen LogP) is 3.35. The number of nitro groups is 2. The van der Waals surface area contributed by atoms with Crippen LogP contribution >= 0.6 is 7.80 Å². The summed E-state index contributed by atoms with van der Waals surface area (Å²) < 4.78 is 12.1. The largest absolute Gasteiger partial charge is 0.342 e. The van der Waals surface area contributed by atoms with E-state index in [0.717, 1.165) is 18.2 Å². The fourth-order valence-corrected chi connectivity index (χ4v) is 4.04. The summed E-state index contributed by atoms with van der Waals surface area (Å²) in [5.74, 6) is -1.45. The Hall–Kier alpha value is -2.54. The van der Waals surface area contributed by atoms with Gasteiger partial charge in [0.1, 0.15) is 0 Å². The topological polar surface area (TPSA) is 132 Å². The molecule has 9 nitrogen and oxygen atoms in total. The number of non-ortho nitro benzene ring substituents is 2. The van der Waals surface area contributed by atoms with Crippen molar-refractivity contribution in [3.63, 3.8) is 0 Å². The standard InChI is InChI=1S/C15H20N3O6P/c1-5-6-15(2,3)14(25(4)24)16-13(19)10-7-11(17(20)21)9-12(8-10)18(22)23/h5,7-9,14,25H,1,6H2,2-4H3,(H,16,19)/t14-/m0/s1. The van der Waals surface area contributed by atoms with E-state index in [2.05, 4.69) is 11.9 Å². The molecule has 0 aromatic heterocycles. The molecule has 0 aliphatic rings. The lowest BCUT2D eigenvalue weighted by molar-refractivity contribution is -0.394. The van der Waals surface area contributed by atoms with Crippen molar-refractivity contribution in [1.29, 1.82) is 0 Å². The Labute approximate surface area is 145 Å². The van der Waals surface area contributed by atoms with Crippen molar-refractivity contribution in [2.24, 2.45) is 5.41 Å².